The van der Waals surface area contributed by atoms with Crippen LogP contribution in [0, 0.1) is 5.92 Å². The molecular formula is C28H35N5O. The molecule has 6 heteroatoms. The second-order valence-electron chi connectivity index (χ2n) is 10.2. The molecule has 2 aromatic heterocycles. The molecule has 0 saturated carbocycles. The molecule has 6 nitrogen and oxygen atoms in total. The number of piperazine rings is 1. The van der Waals surface area contributed by atoms with Gasteiger partial charge in [-0.1, -0.05) is 13.0 Å². The van der Waals surface area contributed by atoms with Crippen LogP contribution >= 0.6 is 0 Å². The minimum Gasteiger partial charge on any atom is -0.367 e. The molecule has 1 N–H and O–H groups in total. The number of allylic oxidation sites excluding steroid dienone is 5. The normalized spacial score (nSPS) is 28.6. The summed E-state index contributed by atoms with van der Waals surface area (Å²) in [6.45, 7) is 12.8. The second kappa shape index (κ2) is 8.99. The monoisotopic (exact) mass is 457 g/mol. The largest absolute Gasteiger partial charge is 0.367 e. The van der Waals surface area contributed by atoms with Crippen molar-refractivity contribution in [1.82, 2.24) is 14.7 Å². The summed E-state index contributed by atoms with van der Waals surface area (Å²) < 4.78 is 1.68. The predicted molar refractivity (Wildman–Crippen MR) is 141 cm³/mol. The van der Waals surface area contributed by atoms with Gasteiger partial charge in [0.15, 0.2) is 0 Å². The Morgan fingerprint density at radius 3 is 2.65 bits per heavy atom. The van der Waals surface area contributed by atoms with Crippen LogP contribution in [0.5, 0.6) is 0 Å². The highest BCUT2D eigenvalue weighted by Gasteiger charge is 2.24. The molecule has 0 radical (unpaired) electrons. The lowest BCUT2D eigenvalue weighted by molar-refractivity contribution is 0.407. The summed E-state index contributed by atoms with van der Waals surface area (Å²) in [5.41, 5.74) is 8.39. The molecule has 1 aliphatic carbocycles. The number of rotatable bonds is 3. The Morgan fingerprint density at radius 1 is 1.15 bits per heavy atom. The van der Waals surface area contributed by atoms with Gasteiger partial charge in [0.05, 0.1) is 17.1 Å². The lowest BCUT2D eigenvalue weighted by atomic mass is 9.83. The van der Waals surface area contributed by atoms with E-state index < -0.39 is 0 Å². The number of nitrogens with zero attached hydrogens (tertiary/aromatic N) is 4. The predicted octanol–water partition coefficient (Wildman–Crippen LogP) is 4.76. The highest BCUT2D eigenvalue weighted by molar-refractivity contribution is 5.86. The molecule has 34 heavy (non-hydrogen) atoms. The van der Waals surface area contributed by atoms with Gasteiger partial charge in [0.1, 0.15) is 5.65 Å². The molecule has 0 aromatic carbocycles. The van der Waals surface area contributed by atoms with Crippen LogP contribution in [-0.2, 0) is 0 Å². The second-order valence-corrected chi connectivity index (χ2v) is 10.2. The lowest BCUT2D eigenvalue weighted by Gasteiger charge is -2.37. The first-order valence-corrected chi connectivity index (χ1v) is 12.5. The van der Waals surface area contributed by atoms with Gasteiger partial charge in [-0.15, -0.1) is 0 Å². The summed E-state index contributed by atoms with van der Waals surface area (Å²) in [4.78, 5) is 25.4. The van der Waals surface area contributed by atoms with Gasteiger partial charge < -0.3 is 10.2 Å². The van der Waals surface area contributed by atoms with Crippen LogP contribution in [0.15, 0.2) is 63.2 Å². The third-order valence-corrected chi connectivity index (χ3v) is 7.33. The molecule has 3 aliphatic rings. The van der Waals surface area contributed by atoms with E-state index in [1.165, 1.54) is 16.9 Å². The molecule has 178 valence electrons. The van der Waals surface area contributed by atoms with Gasteiger partial charge >= 0.3 is 0 Å². The third kappa shape index (κ3) is 4.27. The highest BCUT2D eigenvalue weighted by atomic mass is 16.1. The Hall–Kier alpha value is -2.99. The van der Waals surface area contributed by atoms with Crippen LogP contribution < -0.4 is 15.8 Å². The average molecular weight is 458 g/mol. The molecule has 3 unspecified atom stereocenters. The van der Waals surface area contributed by atoms with Gasteiger partial charge in [-0.05, 0) is 87.8 Å². The Balaban J connectivity index is 1.53. The summed E-state index contributed by atoms with van der Waals surface area (Å²) >= 11 is 0. The SMILES string of the molecule is CC/C1=C/C(c2cc(=O)n3cc(N4CC(C)NC(C)C4)ccc3n2)=C\CC2CC(C)=NC1=C2C. The van der Waals surface area contributed by atoms with Gasteiger partial charge in [0.2, 0.25) is 0 Å². The molecule has 1 fully saturated rings. The van der Waals surface area contributed by atoms with E-state index in [0.717, 1.165) is 55.0 Å². The molecule has 0 spiro atoms. The molecule has 4 heterocycles. The van der Waals surface area contributed by atoms with Gasteiger partial charge in [-0.3, -0.25) is 14.2 Å². The number of pyridine rings is 1. The first kappa shape index (κ1) is 22.8. The fraction of sp³-hybridized carbons (Fsp3) is 0.464. The van der Waals surface area contributed by atoms with Crippen molar-refractivity contribution >= 4 is 22.6 Å². The van der Waals surface area contributed by atoms with E-state index in [9.17, 15) is 4.79 Å². The van der Waals surface area contributed by atoms with Crippen LogP contribution in [0.2, 0.25) is 0 Å². The maximum atomic E-state index is 13.2. The van der Waals surface area contributed by atoms with Crippen LogP contribution in [0.1, 0.15) is 59.6 Å². The fourth-order valence-electron chi connectivity index (χ4n) is 5.61. The first-order chi connectivity index (χ1) is 16.3. The van der Waals surface area contributed by atoms with Crippen molar-refractivity contribution in [3.8, 4) is 0 Å². The minimum atomic E-state index is -0.0445. The van der Waals surface area contributed by atoms with Crippen LogP contribution in [0.25, 0.3) is 11.2 Å². The summed E-state index contributed by atoms with van der Waals surface area (Å²) in [5, 5.41) is 3.56. The van der Waals surface area contributed by atoms with E-state index in [-0.39, 0.29) is 5.56 Å². The van der Waals surface area contributed by atoms with Gasteiger partial charge in [0, 0.05) is 43.1 Å². The van der Waals surface area contributed by atoms with Gasteiger partial charge in [0.25, 0.3) is 5.56 Å². The van der Waals surface area contributed by atoms with Crippen molar-refractivity contribution in [2.24, 2.45) is 10.9 Å². The molecule has 2 aromatic rings. The zero-order valence-corrected chi connectivity index (χ0v) is 20.9. The van der Waals surface area contributed by atoms with Crippen molar-refractivity contribution in [3.63, 3.8) is 0 Å². The van der Waals surface area contributed by atoms with E-state index in [0.29, 0.717) is 23.6 Å². The Bertz CT molecular complexity index is 1300. The van der Waals surface area contributed by atoms with E-state index in [1.54, 1.807) is 10.5 Å². The van der Waals surface area contributed by atoms with Crippen molar-refractivity contribution in [2.45, 2.75) is 66.0 Å². The number of anilines is 1. The summed E-state index contributed by atoms with van der Waals surface area (Å²) in [6, 6.07) is 6.57. The number of aromatic nitrogens is 2. The first-order valence-electron chi connectivity index (χ1n) is 12.5. The molecule has 2 aliphatic heterocycles. The Kier molecular flexibility index (Phi) is 6.02. The molecule has 3 atom stereocenters. The van der Waals surface area contributed by atoms with E-state index in [2.05, 4.69) is 63.1 Å². The fourth-order valence-corrected chi connectivity index (χ4v) is 5.61. The number of nitrogens with one attached hydrogen (secondary N) is 1. The zero-order valence-electron chi connectivity index (χ0n) is 20.9. The maximum Gasteiger partial charge on any atom is 0.258 e. The number of aliphatic imine (C=N–C) groups is 1. The van der Waals surface area contributed by atoms with E-state index in [1.807, 2.05) is 12.3 Å². The molecule has 1 saturated heterocycles. The number of fused-ring (bicyclic) bond motifs is 2. The van der Waals surface area contributed by atoms with Crippen molar-refractivity contribution in [2.75, 3.05) is 18.0 Å². The maximum absolute atomic E-state index is 13.2. The number of hydrogen-bond donors (Lipinski definition) is 1. The molecule has 5 rings (SSSR count). The quantitative estimate of drug-likeness (QED) is 0.722. The van der Waals surface area contributed by atoms with Crippen molar-refractivity contribution in [1.29, 1.82) is 0 Å². The smallest absolute Gasteiger partial charge is 0.258 e. The highest BCUT2D eigenvalue weighted by Crippen LogP contribution is 2.37. The summed E-state index contributed by atoms with van der Waals surface area (Å²) in [6.07, 6.45) is 9.21. The number of hydrogen-bond acceptors (Lipinski definition) is 5. The lowest BCUT2D eigenvalue weighted by Crippen LogP contribution is -2.54. The van der Waals surface area contributed by atoms with E-state index >= 15 is 0 Å². The van der Waals surface area contributed by atoms with Crippen LogP contribution in [0.3, 0.4) is 0 Å². The zero-order chi connectivity index (χ0) is 24.0. The summed E-state index contributed by atoms with van der Waals surface area (Å²) in [5.74, 6) is 0.464. The minimum absolute atomic E-state index is 0.0445. The summed E-state index contributed by atoms with van der Waals surface area (Å²) in [7, 11) is 0. The Morgan fingerprint density at radius 2 is 1.91 bits per heavy atom. The van der Waals surface area contributed by atoms with Crippen LogP contribution in [-0.4, -0.2) is 40.3 Å². The van der Waals surface area contributed by atoms with Gasteiger partial charge in [-0.2, -0.15) is 0 Å². The molecular weight excluding hydrogens is 422 g/mol. The van der Waals surface area contributed by atoms with Crippen LogP contribution in [0.4, 0.5) is 5.69 Å². The standard InChI is InChI=1S/C28H35N5O/c1-6-21-12-23(8-7-22-11-17(2)30-28(21)20(22)5)25-13-27(34)33-16-24(9-10-26(33)31-25)32-14-18(3)29-19(4)15-32/h8-10,12-13,16,18-19,22,29H,6-7,11,14-15H2,1-5H3/b21-12-,23-8+. The average Bonchev–Trinajstić information content (AvgIpc) is 2.80. The molecule has 0 amide bonds. The van der Waals surface area contributed by atoms with Crippen molar-refractivity contribution in [3.05, 3.63) is 69.4 Å². The van der Waals surface area contributed by atoms with Crippen molar-refractivity contribution < 1.29 is 0 Å². The van der Waals surface area contributed by atoms with E-state index in [4.69, 9.17) is 9.98 Å². The third-order valence-electron chi connectivity index (χ3n) is 7.33. The Labute approximate surface area is 201 Å². The molecule has 2 bridgehead atoms. The topological polar surface area (TPSA) is 62.0 Å². The van der Waals surface area contributed by atoms with Gasteiger partial charge in [-0.25, -0.2) is 4.98 Å².